The quantitative estimate of drug-likeness (QED) is 0.567. The van der Waals surface area contributed by atoms with Gasteiger partial charge in [-0.15, -0.1) is 0 Å². The van der Waals surface area contributed by atoms with Gasteiger partial charge in [-0.2, -0.15) is 0 Å². The molecule has 2 saturated heterocycles. The number of fused-ring (bicyclic) bond motifs is 3. The van der Waals surface area contributed by atoms with Crippen LogP contribution in [0.2, 0.25) is 0 Å². The van der Waals surface area contributed by atoms with Crippen molar-refractivity contribution in [2.45, 2.75) is 45.4 Å². The Labute approximate surface area is 210 Å². The fraction of sp³-hybridized carbons (Fsp3) is 0.423. The van der Waals surface area contributed by atoms with E-state index in [1.807, 2.05) is 44.2 Å². The second-order valence-electron chi connectivity index (χ2n) is 9.54. The highest BCUT2D eigenvalue weighted by Crippen LogP contribution is 2.37. The van der Waals surface area contributed by atoms with E-state index in [0.717, 1.165) is 66.8 Å². The van der Waals surface area contributed by atoms with Gasteiger partial charge in [-0.25, -0.2) is 24.7 Å². The molecule has 3 aliphatic rings. The zero-order valence-electron chi connectivity index (χ0n) is 20.6. The second kappa shape index (κ2) is 9.34. The standard InChI is InChI=1S/C26H30N8O2/c1-3-27-26(35)30-18-6-4-17(5-7-18)24-31-22-13-33(23-10-16(2)28-15-29-23)9-8-21(22)25(32-24)34-12-20-11-19(34)14-36-20/h4-7,10,15,19-20H,3,8-9,11-14H2,1-2H3,(H2,27,30,35)/t19-,20-/m0/s1. The molecule has 2 aromatic heterocycles. The van der Waals surface area contributed by atoms with Gasteiger partial charge in [-0.3, -0.25) is 0 Å². The third-order valence-electron chi connectivity index (χ3n) is 7.07. The first-order chi connectivity index (χ1) is 17.6. The molecule has 2 bridgehead atoms. The summed E-state index contributed by atoms with van der Waals surface area (Å²) in [5, 5.41) is 5.59. The van der Waals surface area contributed by atoms with E-state index in [1.54, 1.807) is 6.33 Å². The average molecular weight is 487 g/mol. The fourth-order valence-electron chi connectivity index (χ4n) is 5.28. The molecule has 0 unspecified atom stereocenters. The van der Waals surface area contributed by atoms with Crippen molar-refractivity contribution in [2.24, 2.45) is 0 Å². The van der Waals surface area contributed by atoms with Crippen LogP contribution in [0.25, 0.3) is 11.4 Å². The van der Waals surface area contributed by atoms with Crippen molar-refractivity contribution >= 4 is 23.4 Å². The zero-order valence-corrected chi connectivity index (χ0v) is 20.6. The number of nitrogens with one attached hydrogen (secondary N) is 2. The zero-order chi connectivity index (χ0) is 24.6. The SMILES string of the molecule is CCNC(=O)Nc1ccc(-c2nc3c(c(N4C[C@@H]5C[C@H]4CO5)n2)CCN(c2cc(C)ncn2)C3)cc1. The summed E-state index contributed by atoms with van der Waals surface area (Å²) in [7, 11) is 0. The minimum Gasteiger partial charge on any atom is -0.374 e. The lowest BCUT2D eigenvalue weighted by Gasteiger charge is -2.34. The van der Waals surface area contributed by atoms with Crippen LogP contribution >= 0.6 is 0 Å². The molecule has 0 saturated carbocycles. The first-order valence-electron chi connectivity index (χ1n) is 12.5. The Kier molecular flexibility index (Phi) is 5.88. The fourth-order valence-corrected chi connectivity index (χ4v) is 5.28. The van der Waals surface area contributed by atoms with E-state index < -0.39 is 0 Å². The highest BCUT2D eigenvalue weighted by atomic mass is 16.5. The van der Waals surface area contributed by atoms with Crippen LogP contribution in [-0.4, -0.2) is 64.4 Å². The van der Waals surface area contributed by atoms with Crippen molar-refractivity contribution in [3.05, 3.63) is 53.6 Å². The molecule has 0 radical (unpaired) electrons. The Balaban J connectivity index is 1.34. The summed E-state index contributed by atoms with van der Waals surface area (Å²) in [4.78, 5) is 35.4. The van der Waals surface area contributed by atoms with Gasteiger partial charge >= 0.3 is 6.03 Å². The molecule has 2 atom stereocenters. The second-order valence-corrected chi connectivity index (χ2v) is 9.54. The molecule has 36 heavy (non-hydrogen) atoms. The van der Waals surface area contributed by atoms with Crippen molar-refractivity contribution in [2.75, 3.05) is 41.4 Å². The number of hydrogen-bond acceptors (Lipinski definition) is 8. The number of hydrogen-bond donors (Lipinski definition) is 2. The number of rotatable bonds is 5. The molecular weight excluding hydrogens is 456 g/mol. The number of carbonyl (C=O) groups excluding carboxylic acids is 1. The Morgan fingerprint density at radius 2 is 2.06 bits per heavy atom. The summed E-state index contributed by atoms with van der Waals surface area (Å²) in [5.41, 5.74) is 4.84. The Morgan fingerprint density at radius 3 is 2.78 bits per heavy atom. The molecule has 1 aromatic carbocycles. The monoisotopic (exact) mass is 486 g/mol. The predicted molar refractivity (Wildman–Crippen MR) is 137 cm³/mol. The summed E-state index contributed by atoms with van der Waals surface area (Å²) >= 11 is 0. The number of anilines is 3. The van der Waals surface area contributed by atoms with Gasteiger partial charge in [0.05, 0.1) is 31.0 Å². The maximum Gasteiger partial charge on any atom is 0.319 e. The third-order valence-corrected chi connectivity index (χ3v) is 7.07. The number of benzene rings is 1. The van der Waals surface area contributed by atoms with E-state index in [2.05, 4.69) is 30.4 Å². The van der Waals surface area contributed by atoms with Crippen LogP contribution in [-0.2, 0) is 17.7 Å². The van der Waals surface area contributed by atoms with Crippen molar-refractivity contribution in [3.63, 3.8) is 0 Å². The molecule has 2 fully saturated rings. The average Bonchev–Trinajstić information content (AvgIpc) is 3.52. The van der Waals surface area contributed by atoms with Gasteiger partial charge in [-0.05, 0) is 51.0 Å². The molecule has 3 aromatic rings. The van der Waals surface area contributed by atoms with Crippen LogP contribution < -0.4 is 20.4 Å². The lowest BCUT2D eigenvalue weighted by Crippen LogP contribution is -2.40. The van der Waals surface area contributed by atoms with Gasteiger partial charge in [0.25, 0.3) is 0 Å². The number of nitrogens with zero attached hydrogens (tertiary/aromatic N) is 6. The van der Waals surface area contributed by atoms with Gasteiger partial charge in [0.1, 0.15) is 18.0 Å². The highest BCUT2D eigenvalue weighted by Gasteiger charge is 2.41. The number of morpholine rings is 1. The summed E-state index contributed by atoms with van der Waals surface area (Å²) in [6.07, 6.45) is 3.82. The number of ether oxygens (including phenoxy) is 1. The maximum atomic E-state index is 11.9. The van der Waals surface area contributed by atoms with Gasteiger partial charge < -0.3 is 25.2 Å². The van der Waals surface area contributed by atoms with E-state index in [1.165, 1.54) is 5.56 Å². The topological polar surface area (TPSA) is 108 Å². The van der Waals surface area contributed by atoms with E-state index in [-0.39, 0.29) is 12.1 Å². The summed E-state index contributed by atoms with van der Waals surface area (Å²) < 4.78 is 5.86. The van der Waals surface area contributed by atoms with Crippen LogP contribution in [0, 0.1) is 6.92 Å². The van der Waals surface area contributed by atoms with E-state index >= 15 is 0 Å². The summed E-state index contributed by atoms with van der Waals surface area (Å²) in [6.45, 7) is 7.60. The molecular formula is C26H30N8O2. The molecule has 10 heteroatoms. The molecule has 5 heterocycles. The summed E-state index contributed by atoms with van der Waals surface area (Å²) in [6, 6.07) is 9.85. The minimum absolute atomic E-state index is 0.219. The first-order valence-corrected chi connectivity index (χ1v) is 12.5. The molecule has 2 N–H and O–H groups in total. The number of urea groups is 1. The van der Waals surface area contributed by atoms with Gasteiger partial charge in [0.2, 0.25) is 0 Å². The van der Waals surface area contributed by atoms with Gasteiger partial charge in [0.15, 0.2) is 5.82 Å². The lowest BCUT2D eigenvalue weighted by atomic mass is 10.0. The van der Waals surface area contributed by atoms with Crippen LogP contribution in [0.1, 0.15) is 30.3 Å². The van der Waals surface area contributed by atoms with Gasteiger partial charge in [0, 0.05) is 48.2 Å². The van der Waals surface area contributed by atoms with E-state index in [4.69, 9.17) is 14.7 Å². The molecule has 2 amide bonds. The molecule has 3 aliphatic heterocycles. The smallest absolute Gasteiger partial charge is 0.319 e. The van der Waals surface area contributed by atoms with Crippen molar-refractivity contribution in [3.8, 4) is 11.4 Å². The van der Waals surface area contributed by atoms with Crippen molar-refractivity contribution in [1.29, 1.82) is 0 Å². The van der Waals surface area contributed by atoms with Crippen molar-refractivity contribution < 1.29 is 9.53 Å². The number of aryl methyl sites for hydroxylation is 1. The number of aromatic nitrogens is 4. The predicted octanol–water partition coefficient (Wildman–Crippen LogP) is 2.92. The molecule has 6 rings (SSSR count). The van der Waals surface area contributed by atoms with Crippen molar-refractivity contribution in [1.82, 2.24) is 25.3 Å². The van der Waals surface area contributed by atoms with Gasteiger partial charge in [-0.1, -0.05) is 0 Å². The highest BCUT2D eigenvalue weighted by molar-refractivity contribution is 5.89. The Hall–Kier alpha value is -3.79. The third kappa shape index (κ3) is 4.32. The maximum absolute atomic E-state index is 11.9. The molecule has 186 valence electrons. The molecule has 10 nitrogen and oxygen atoms in total. The van der Waals surface area contributed by atoms with Crippen LogP contribution in [0.15, 0.2) is 36.7 Å². The van der Waals surface area contributed by atoms with E-state index in [0.29, 0.717) is 25.0 Å². The molecule has 0 aliphatic carbocycles. The van der Waals surface area contributed by atoms with Crippen LogP contribution in [0.5, 0.6) is 0 Å². The summed E-state index contributed by atoms with van der Waals surface area (Å²) in [5.74, 6) is 2.65. The Bertz CT molecular complexity index is 1280. The van der Waals surface area contributed by atoms with Crippen LogP contribution in [0.4, 0.5) is 22.1 Å². The van der Waals surface area contributed by atoms with Crippen LogP contribution in [0.3, 0.4) is 0 Å². The number of carbonyl (C=O) groups is 1. The number of amides is 2. The van der Waals surface area contributed by atoms with E-state index in [9.17, 15) is 4.79 Å². The minimum atomic E-state index is -0.219. The first kappa shape index (κ1) is 22.7. The molecule has 0 spiro atoms. The normalized spacial score (nSPS) is 20.4. The lowest BCUT2D eigenvalue weighted by molar-refractivity contribution is 0.0988. The largest absolute Gasteiger partial charge is 0.374 e. The Morgan fingerprint density at radius 1 is 1.19 bits per heavy atom.